The van der Waals surface area contributed by atoms with Crippen LogP contribution in [-0.2, 0) is 46.6 Å². The van der Waals surface area contributed by atoms with E-state index < -0.39 is 11.1 Å². The van der Waals surface area contributed by atoms with E-state index in [0.717, 1.165) is 64.6 Å². The number of halogens is 1. The number of aromatic nitrogens is 2. The van der Waals surface area contributed by atoms with Crippen molar-refractivity contribution in [1.29, 1.82) is 0 Å². The maximum absolute atomic E-state index is 14.6. The molecule has 2 atom stereocenters. The molecule has 0 radical (unpaired) electrons. The maximum atomic E-state index is 14.6. The Balaban J connectivity index is 0.000000463. The van der Waals surface area contributed by atoms with Gasteiger partial charge in [0, 0.05) is 42.0 Å². The van der Waals surface area contributed by atoms with Crippen LogP contribution >= 0.6 is 0 Å². The molecule has 0 saturated heterocycles. The van der Waals surface area contributed by atoms with Crippen LogP contribution in [0.1, 0.15) is 59.7 Å². The molecule has 0 bridgehead atoms. The quantitative estimate of drug-likeness (QED) is 0.314. The molecule has 1 aliphatic heterocycles. The van der Waals surface area contributed by atoms with E-state index in [9.17, 15) is 9.18 Å². The number of nitrogens with two attached hydrogens (primary N) is 1. The smallest absolute Gasteiger partial charge is 0.257 e. The first-order chi connectivity index (χ1) is 17.1. The molecule has 0 amide bonds. The number of fused-ring (bicyclic) bond motifs is 4. The van der Waals surface area contributed by atoms with Crippen LogP contribution in [0.2, 0.25) is 0 Å². The van der Waals surface area contributed by atoms with Gasteiger partial charge in [0.1, 0.15) is 23.2 Å². The van der Waals surface area contributed by atoms with E-state index in [2.05, 4.69) is 0 Å². The fraction of sp³-hybridized carbons (Fsp3) is 0.423. The SMILES string of the molecule is CC=O.CCc1cc2n(c(=O)c1COC)Cc1c-2nc2cc(F)c(C)c3c2c1C(N)CC3.CS(=O)O. The highest BCUT2D eigenvalue weighted by molar-refractivity contribution is 7.78. The topological polar surface area (TPSA) is 125 Å². The summed E-state index contributed by atoms with van der Waals surface area (Å²) >= 11 is -1.61. The average molecular weight is 518 g/mol. The number of hydrogen-bond donors (Lipinski definition) is 2. The summed E-state index contributed by atoms with van der Waals surface area (Å²) in [4.78, 5) is 26.9. The summed E-state index contributed by atoms with van der Waals surface area (Å²) in [5.41, 5.74) is 14.1. The summed E-state index contributed by atoms with van der Waals surface area (Å²) in [6.45, 7) is 6.03. The molecule has 194 valence electrons. The number of carbonyl (C=O) groups excluding carboxylic acids is 1. The second kappa shape index (κ2) is 11.5. The largest absolute Gasteiger partial charge is 0.380 e. The number of carbonyl (C=O) groups is 1. The molecule has 2 unspecified atom stereocenters. The molecule has 8 nitrogen and oxygen atoms in total. The number of rotatable bonds is 3. The third kappa shape index (κ3) is 5.04. The van der Waals surface area contributed by atoms with Gasteiger partial charge in [-0.15, -0.1) is 0 Å². The number of methoxy groups -OCH3 is 1. The summed E-state index contributed by atoms with van der Waals surface area (Å²) < 4.78 is 38.3. The van der Waals surface area contributed by atoms with Crippen molar-refractivity contribution in [3.05, 3.63) is 61.7 Å². The monoisotopic (exact) mass is 517 g/mol. The van der Waals surface area contributed by atoms with E-state index >= 15 is 0 Å². The van der Waals surface area contributed by atoms with Crippen LogP contribution in [0.5, 0.6) is 0 Å². The molecule has 3 aromatic rings. The standard InChI is InChI=1S/C23H24FN3O2.C2H4O.CH4O2S/c1-4-12-7-19-22-14(9-27(19)23(28)15(12)10-29-3)20-17(25)6-5-13-11(2)16(24)8-18(26-22)21(13)20;1-2-3;1-4(2)3/h7-8,17H,4-6,9-10,25H2,1-3H3;2H,1H3;1H3,(H,2,3). The van der Waals surface area contributed by atoms with Crippen molar-refractivity contribution in [2.24, 2.45) is 5.73 Å². The van der Waals surface area contributed by atoms with Gasteiger partial charge in [-0.1, -0.05) is 6.92 Å². The molecule has 2 aromatic heterocycles. The number of nitrogens with zero attached hydrogens (tertiary/aromatic N) is 2. The second-order valence-corrected chi connectivity index (χ2v) is 9.57. The molecule has 0 saturated carbocycles. The number of pyridine rings is 2. The van der Waals surface area contributed by atoms with E-state index in [1.165, 1.54) is 19.2 Å². The lowest BCUT2D eigenvalue weighted by molar-refractivity contribution is -0.106. The summed E-state index contributed by atoms with van der Waals surface area (Å²) in [7, 11) is 1.60. The van der Waals surface area contributed by atoms with Crippen molar-refractivity contribution in [2.45, 2.75) is 59.2 Å². The van der Waals surface area contributed by atoms with Crippen molar-refractivity contribution < 1.29 is 22.7 Å². The van der Waals surface area contributed by atoms with Gasteiger partial charge in [-0.25, -0.2) is 13.6 Å². The first kappa shape index (κ1) is 27.8. The van der Waals surface area contributed by atoms with E-state index in [1.54, 1.807) is 11.7 Å². The van der Waals surface area contributed by atoms with Gasteiger partial charge in [-0.05, 0) is 61.4 Å². The van der Waals surface area contributed by atoms with Crippen LogP contribution in [0.15, 0.2) is 16.9 Å². The molecule has 1 aromatic carbocycles. The fourth-order valence-corrected chi connectivity index (χ4v) is 5.04. The predicted octanol–water partition coefficient (Wildman–Crippen LogP) is 3.57. The first-order valence-electron chi connectivity index (χ1n) is 11.7. The van der Waals surface area contributed by atoms with Crippen LogP contribution in [0.4, 0.5) is 4.39 Å². The van der Waals surface area contributed by atoms with Crippen molar-refractivity contribution >= 4 is 28.3 Å². The summed E-state index contributed by atoms with van der Waals surface area (Å²) in [5.74, 6) is -0.235. The van der Waals surface area contributed by atoms with Crippen LogP contribution in [0.3, 0.4) is 0 Å². The predicted molar refractivity (Wildman–Crippen MR) is 139 cm³/mol. The van der Waals surface area contributed by atoms with E-state index in [0.29, 0.717) is 23.2 Å². The molecule has 0 fully saturated rings. The Hall–Kier alpha value is -2.79. The van der Waals surface area contributed by atoms with Gasteiger partial charge < -0.3 is 24.4 Å². The lowest BCUT2D eigenvalue weighted by atomic mass is 9.82. The molecule has 2 aliphatic rings. The number of aldehydes is 1. The molecule has 36 heavy (non-hydrogen) atoms. The minimum Gasteiger partial charge on any atom is -0.380 e. The third-order valence-corrected chi connectivity index (χ3v) is 6.54. The Bertz CT molecular complexity index is 1400. The highest BCUT2D eigenvalue weighted by Crippen LogP contribution is 2.43. The lowest BCUT2D eigenvalue weighted by Gasteiger charge is -2.26. The van der Waals surface area contributed by atoms with Crippen molar-refractivity contribution in [3.8, 4) is 11.4 Å². The molecule has 3 heterocycles. The number of ether oxygens (including phenoxy) is 1. The Morgan fingerprint density at radius 3 is 2.58 bits per heavy atom. The average Bonchev–Trinajstić information content (AvgIpc) is 3.18. The van der Waals surface area contributed by atoms with Crippen molar-refractivity contribution in [2.75, 3.05) is 13.4 Å². The van der Waals surface area contributed by atoms with Crippen molar-refractivity contribution in [3.63, 3.8) is 0 Å². The second-order valence-electron chi connectivity index (χ2n) is 8.72. The Morgan fingerprint density at radius 1 is 1.36 bits per heavy atom. The van der Waals surface area contributed by atoms with Gasteiger partial charge in [0.2, 0.25) is 0 Å². The lowest BCUT2D eigenvalue weighted by Crippen LogP contribution is -2.25. The van der Waals surface area contributed by atoms with Crippen LogP contribution in [-0.4, -0.2) is 38.0 Å². The van der Waals surface area contributed by atoms with Gasteiger partial charge in [-0.2, -0.15) is 0 Å². The van der Waals surface area contributed by atoms with E-state index in [4.69, 9.17) is 29.0 Å². The zero-order chi connectivity index (χ0) is 26.7. The first-order valence-corrected chi connectivity index (χ1v) is 13.2. The Morgan fingerprint density at radius 2 is 2.00 bits per heavy atom. The van der Waals surface area contributed by atoms with E-state index in [1.807, 2.05) is 19.9 Å². The molecule has 1 aliphatic carbocycles. The molecule has 5 rings (SSSR count). The van der Waals surface area contributed by atoms with Gasteiger partial charge in [0.25, 0.3) is 5.56 Å². The zero-order valence-electron chi connectivity index (χ0n) is 21.2. The summed E-state index contributed by atoms with van der Waals surface area (Å²) in [6, 6.07) is 3.41. The van der Waals surface area contributed by atoms with E-state index in [-0.39, 0.29) is 24.0 Å². The highest BCUT2D eigenvalue weighted by atomic mass is 32.2. The minimum atomic E-state index is -1.61. The normalized spacial score (nSPS) is 15.7. The number of hydrogen-bond acceptors (Lipinski definition) is 6. The summed E-state index contributed by atoms with van der Waals surface area (Å²) in [5, 5.41) is 0.982. The molecule has 10 heteroatoms. The van der Waals surface area contributed by atoms with Crippen LogP contribution in [0, 0.1) is 12.7 Å². The van der Waals surface area contributed by atoms with Gasteiger partial charge in [0.05, 0.1) is 30.1 Å². The highest BCUT2D eigenvalue weighted by Gasteiger charge is 2.33. The maximum Gasteiger partial charge on any atom is 0.257 e. The van der Waals surface area contributed by atoms with Crippen molar-refractivity contribution in [1.82, 2.24) is 9.55 Å². The minimum absolute atomic E-state index is 0.0394. The van der Waals surface area contributed by atoms with Gasteiger partial charge in [-0.3, -0.25) is 4.79 Å². The molecule has 0 spiro atoms. The van der Waals surface area contributed by atoms with Gasteiger partial charge >= 0.3 is 0 Å². The number of benzene rings is 1. The molecular formula is C26H32FN3O5S. The molecular weight excluding hydrogens is 485 g/mol. The zero-order valence-corrected chi connectivity index (χ0v) is 22.0. The fourth-order valence-electron chi connectivity index (χ4n) is 5.04. The Kier molecular flexibility index (Phi) is 8.89. The Labute approximate surface area is 212 Å². The van der Waals surface area contributed by atoms with Crippen LogP contribution < -0.4 is 11.3 Å². The third-order valence-electron chi connectivity index (χ3n) is 6.54. The van der Waals surface area contributed by atoms with Gasteiger partial charge in [0.15, 0.2) is 0 Å². The number of aryl methyl sites for hydroxylation is 2. The molecule has 3 N–H and O–H groups in total. The van der Waals surface area contributed by atoms with Crippen LogP contribution in [0.25, 0.3) is 22.3 Å². The summed E-state index contributed by atoms with van der Waals surface area (Å²) in [6.07, 6.45) is 4.19.